The van der Waals surface area contributed by atoms with E-state index in [-0.39, 0.29) is 6.54 Å². The van der Waals surface area contributed by atoms with Crippen LogP contribution in [0.25, 0.3) is 0 Å². The van der Waals surface area contributed by atoms with Gasteiger partial charge in [-0.25, -0.2) is 4.68 Å². The Balaban J connectivity index is 2.69. The molecule has 2 amide bonds. The quantitative estimate of drug-likeness (QED) is 0.878. The molecular weight excluding hydrogens is 258 g/mol. The first-order valence-electron chi connectivity index (χ1n) is 5.33. The lowest BCUT2D eigenvalue weighted by atomic mass is 10.1. The maximum absolute atomic E-state index is 11.7. The molecule has 0 aliphatic rings. The summed E-state index contributed by atoms with van der Waals surface area (Å²) in [7, 11) is 0. The standard InChI is InChI=1S/C11H16ClN3O3/c1-11(2,3)14(10(17)18)7-9(16)13-15-6-4-5-8(15)12/h4-6H,7H2,1-3H3,(H,13,16)(H,17,18)/p-1. The second kappa shape index (κ2) is 5.30. The number of halogens is 1. The van der Waals surface area contributed by atoms with Gasteiger partial charge in [0, 0.05) is 11.7 Å². The Morgan fingerprint density at radius 2 is 2.11 bits per heavy atom. The molecule has 1 aromatic heterocycles. The maximum Gasteiger partial charge on any atom is 0.258 e. The van der Waals surface area contributed by atoms with Gasteiger partial charge >= 0.3 is 0 Å². The summed E-state index contributed by atoms with van der Waals surface area (Å²) in [5, 5.41) is 11.3. The van der Waals surface area contributed by atoms with Crippen molar-refractivity contribution < 1.29 is 14.7 Å². The topological polar surface area (TPSA) is 77.4 Å². The van der Waals surface area contributed by atoms with Gasteiger partial charge in [-0.05, 0) is 32.9 Å². The van der Waals surface area contributed by atoms with E-state index < -0.39 is 17.5 Å². The largest absolute Gasteiger partial charge is 0.530 e. The molecule has 18 heavy (non-hydrogen) atoms. The molecule has 0 aliphatic carbocycles. The van der Waals surface area contributed by atoms with Gasteiger partial charge < -0.3 is 14.8 Å². The van der Waals surface area contributed by atoms with Crippen LogP contribution in [0.3, 0.4) is 0 Å². The molecule has 1 rings (SSSR count). The number of nitrogens with zero attached hydrogens (tertiary/aromatic N) is 2. The van der Waals surface area contributed by atoms with Gasteiger partial charge in [0.1, 0.15) is 17.8 Å². The van der Waals surface area contributed by atoms with E-state index in [1.807, 2.05) is 0 Å². The van der Waals surface area contributed by atoms with Crippen molar-refractivity contribution in [2.75, 3.05) is 12.0 Å². The van der Waals surface area contributed by atoms with Crippen molar-refractivity contribution in [3.05, 3.63) is 23.5 Å². The first kappa shape index (κ1) is 14.4. The molecule has 0 saturated carbocycles. The van der Waals surface area contributed by atoms with Gasteiger partial charge in [-0.2, -0.15) is 0 Å². The van der Waals surface area contributed by atoms with Crippen LogP contribution in [0, 0.1) is 0 Å². The Morgan fingerprint density at radius 1 is 1.50 bits per heavy atom. The minimum Gasteiger partial charge on any atom is -0.530 e. The van der Waals surface area contributed by atoms with Crippen LogP contribution in [-0.4, -0.2) is 33.7 Å². The molecule has 0 radical (unpaired) electrons. The third kappa shape index (κ3) is 3.66. The first-order valence-corrected chi connectivity index (χ1v) is 5.71. The molecule has 0 aliphatic heterocycles. The van der Waals surface area contributed by atoms with Gasteiger partial charge in [0.2, 0.25) is 0 Å². The van der Waals surface area contributed by atoms with Gasteiger partial charge in [0.25, 0.3) is 5.91 Å². The summed E-state index contributed by atoms with van der Waals surface area (Å²) in [6.45, 7) is 4.72. The Labute approximate surface area is 110 Å². The monoisotopic (exact) mass is 272 g/mol. The molecule has 7 heteroatoms. The lowest BCUT2D eigenvalue weighted by Crippen LogP contribution is -2.54. The number of hydrogen-bond donors (Lipinski definition) is 1. The minimum absolute atomic E-state index is 0.319. The normalized spacial score (nSPS) is 11.1. The van der Waals surface area contributed by atoms with Crippen LogP contribution in [0.1, 0.15) is 20.8 Å². The van der Waals surface area contributed by atoms with Gasteiger partial charge in [-0.3, -0.25) is 10.2 Å². The fourth-order valence-electron chi connectivity index (χ4n) is 1.34. The summed E-state index contributed by atoms with van der Waals surface area (Å²) in [6.07, 6.45) is 0.164. The van der Waals surface area contributed by atoms with E-state index in [0.29, 0.717) is 5.15 Å². The number of carbonyl (C=O) groups excluding carboxylic acids is 2. The highest BCUT2D eigenvalue weighted by Crippen LogP contribution is 2.12. The SMILES string of the molecule is CC(C)(C)N(CC(=O)Nn1cccc1Cl)C(=O)[O-]. The van der Waals surface area contributed by atoms with Gasteiger partial charge in [0.15, 0.2) is 0 Å². The van der Waals surface area contributed by atoms with Crippen molar-refractivity contribution in [2.24, 2.45) is 0 Å². The summed E-state index contributed by atoms with van der Waals surface area (Å²) in [5.74, 6) is -0.493. The number of carboxylic acid groups (broad SMARTS) is 1. The van der Waals surface area contributed by atoms with Crippen molar-refractivity contribution in [3.8, 4) is 0 Å². The zero-order valence-corrected chi connectivity index (χ0v) is 11.2. The second-order valence-corrected chi connectivity index (χ2v) is 5.15. The zero-order valence-electron chi connectivity index (χ0n) is 10.4. The molecule has 0 saturated heterocycles. The Hall–Kier alpha value is -1.69. The van der Waals surface area contributed by atoms with E-state index >= 15 is 0 Å². The molecular formula is C11H15ClN3O3-. The molecule has 6 nitrogen and oxygen atoms in total. The van der Waals surface area contributed by atoms with Gasteiger partial charge in [-0.15, -0.1) is 0 Å². The van der Waals surface area contributed by atoms with Gasteiger partial charge in [-0.1, -0.05) is 11.6 Å². The minimum atomic E-state index is -1.39. The fraction of sp³-hybridized carbons (Fsp3) is 0.455. The van der Waals surface area contributed by atoms with E-state index in [0.717, 1.165) is 4.90 Å². The highest BCUT2D eigenvalue weighted by Gasteiger charge is 2.23. The van der Waals surface area contributed by atoms with E-state index in [1.54, 1.807) is 39.1 Å². The van der Waals surface area contributed by atoms with Crippen LogP contribution >= 0.6 is 11.6 Å². The van der Waals surface area contributed by atoms with E-state index in [9.17, 15) is 14.7 Å². The fourth-order valence-corrected chi connectivity index (χ4v) is 1.51. The molecule has 0 aromatic carbocycles. The first-order chi connectivity index (χ1) is 8.21. The van der Waals surface area contributed by atoms with Crippen molar-refractivity contribution >= 4 is 23.6 Å². The maximum atomic E-state index is 11.7. The van der Waals surface area contributed by atoms with Crippen LogP contribution in [-0.2, 0) is 4.79 Å². The smallest absolute Gasteiger partial charge is 0.258 e. The number of hydrogen-bond acceptors (Lipinski definition) is 3. The Bertz CT molecular complexity index is 451. The van der Waals surface area contributed by atoms with Crippen molar-refractivity contribution in [1.82, 2.24) is 9.58 Å². The molecule has 1 heterocycles. The second-order valence-electron chi connectivity index (χ2n) is 4.76. The summed E-state index contributed by atoms with van der Waals surface area (Å²) in [6, 6.07) is 3.25. The average Bonchev–Trinajstić information content (AvgIpc) is 2.59. The summed E-state index contributed by atoms with van der Waals surface area (Å²) in [5.41, 5.74) is 1.75. The van der Waals surface area contributed by atoms with Crippen LogP contribution in [0.5, 0.6) is 0 Å². The molecule has 0 atom stereocenters. The molecule has 1 N–H and O–H groups in total. The molecule has 0 bridgehead atoms. The third-order valence-electron chi connectivity index (χ3n) is 2.28. The molecule has 0 fully saturated rings. The predicted molar refractivity (Wildman–Crippen MR) is 65.7 cm³/mol. The van der Waals surface area contributed by atoms with E-state index in [1.165, 1.54) is 4.68 Å². The summed E-state index contributed by atoms with van der Waals surface area (Å²) in [4.78, 5) is 23.6. The van der Waals surface area contributed by atoms with E-state index in [4.69, 9.17) is 11.6 Å². The third-order valence-corrected chi connectivity index (χ3v) is 2.58. The highest BCUT2D eigenvalue weighted by atomic mass is 35.5. The Morgan fingerprint density at radius 3 is 2.50 bits per heavy atom. The number of carbonyl (C=O) groups is 2. The summed E-state index contributed by atoms with van der Waals surface area (Å²) < 4.78 is 1.31. The van der Waals surface area contributed by atoms with E-state index in [2.05, 4.69) is 5.43 Å². The van der Waals surface area contributed by atoms with Crippen LogP contribution < -0.4 is 10.5 Å². The highest BCUT2D eigenvalue weighted by molar-refractivity contribution is 6.29. The number of aromatic nitrogens is 1. The molecule has 1 aromatic rings. The zero-order chi connectivity index (χ0) is 13.9. The van der Waals surface area contributed by atoms with Crippen molar-refractivity contribution in [3.63, 3.8) is 0 Å². The van der Waals surface area contributed by atoms with Gasteiger partial charge in [0.05, 0.1) is 0 Å². The number of nitrogens with one attached hydrogen (secondary N) is 1. The molecule has 0 spiro atoms. The van der Waals surface area contributed by atoms with Crippen molar-refractivity contribution in [2.45, 2.75) is 26.3 Å². The van der Waals surface area contributed by atoms with Crippen molar-refractivity contribution in [1.29, 1.82) is 0 Å². The number of rotatable bonds is 3. The lowest BCUT2D eigenvalue weighted by molar-refractivity contribution is -0.270. The number of amides is 2. The average molecular weight is 273 g/mol. The lowest BCUT2D eigenvalue weighted by Gasteiger charge is -2.37. The van der Waals surface area contributed by atoms with Crippen LogP contribution in [0.2, 0.25) is 5.15 Å². The molecule has 0 unspecified atom stereocenters. The van der Waals surface area contributed by atoms with Crippen LogP contribution in [0.15, 0.2) is 18.3 Å². The summed E-state index contributed by atoms with van der Waals surface area (Å²) >= 11 is 5.78. The molecule has 100 valence electrons. The predicted octanol–water partition coefficient (Wildman–Crippen LogP) is 0.655. The Kier molecular flexibility index (Phi) is 4.24. The van der Waals surface area contributed by atoms with Crippen LogP contribution in [0.4, 0.5) is 4.79 Å².